The summed E-state index contributed by atoms with van der Waals surface area (Å²) < 4.78 is 0. The van der Waals surface area contributed by atoms with E-state index in [1.807, 2.05) is 18.2 Å². The van der Waals surface area contributed by atoms with Crippen molar-refractivity contribution in [1.29, 1.82) is 0 Å². The molecule has 0 saturated carbocycles. The average molecular weight is 231 g/mol. The van der Waals surface area contributed by atoms with Crippen LogP contribution in [0.25, 0.3) is 0 Å². The summed E-state index contributed by atoms with van der Waals surface area (Å²) in [7, 11) is 0. The molecule has 1 aromatic carbocycles. The van der Waals surface area contributed by atoms with Gasteiger partial charge in [0, 0.05) is 17.6 Å². The van der Waals surface area contributed by atoms with E-state index in [1.165, 1.54) is 6.42 Å². The minimum absolute atomic E-state index is 0.257. The number of para-hydroxylation sites is 1. The maximum absolute atomic E-state index is 9.89. The third-order valence-electron chi connectivity index (χ3n) is 3.43. The molecule has 1 aromatic rings. The van der Waals surface area contributed by atoms with Gasteiger partial charge < -0.3 is 10.4 Å². The van der Waals surface area contributed by atoms with E-state index < -0.39 is 0 Å². The first-order chi connectivity index (χ1) is 8.31. The monoisotopic (exact) mass is 231 g/mol. The fourth-order valence-corrected chi connectivity index (χ4v) is 2.44. The molecule has 0 radical (unpaired) electrons. The number of phenolic OH excluding ortho intramolecular Hbond substituents is 1. The molecule has 17 heavy (non-hydrogen) atoms. The highest BCUT2D eigenvalue weighted by Crippen LogP contribution is 2.27. The second-order valence-corrected chi connectivity index (χ2v) is 4.67. The molecule has 2 heteroatoms. The molecule has 2 N–H and O–H groups in total. The summed E-state index contributed by atoms with van der Waals surface area (Å²) in [6.07, 6.45) is 8.95. The molecule has 0 fully saturated rings. The highest BCUT2D eigenvalue weighted by Gasteiger charge is 2.17. The first-order valence-electron chi connectivity index (χ1n) is 6.50. The van der Waals surface area contributed by atoms with Gasteiger partial charge in [-0.05, 0) is 31.7 Å². The van der Waals surface area contributed by atoms with E-state index in [1.54, 1.807) is 6.07 Å². The van der Waals surface area contributed by atoms with Gasteiger partial charge in [0.25, 0.3) is 0 Å². The molecule has 0 aromatic heterocycles. The lowest BCUT2D eigenvalue weighted by molar-refractivity contribution is 0.386. The van der Waals surface area contributed by atoms with E-state index in [0.717, 1.165) is 24.8 Å². The van der Waals surface area contributed by atoms with Gasteiger partial charge in [0.1, 0.15) is 5.75 Å². The lowest BCUT2D eigenvalue weighted by atomic mass is 9.97. The van der Waals surface area contributed by atoms with Gasteiger partial charge in [-0.2, -0.15) is 0 Å². The van der Waals surface area contributed by atoms with Gasteiger partial charge in [-0.25, -0.2) is 0 Å². The Balaban J connectivity index is 2.06. The maximum atomic E-state index is 9.89. The fourth-order valence-electron chi connectivity index (χ4n) is 2.44. The van der Waals surface area contributed by atoms with Crippen LogP contribution in [0.3, 0.4) is 0 Å². The molecule has 1 aliphatic rings. The Hall–Kier alpha value is -1.28. The van der Waals surface area contributed by atoms with E-state index in [4.69, 9.17) is 0 Å². The molecule has 0 spiro atoms. The summed E-state index contributed by atoms with van der Waals surface area (Å²) >= 11 is 0. The number of aromatic hydroxyl groups is 1. The van der Waals surface area contributed by atoms with Crippen molar-refractivity contribution in [2.24, 2.45) is 0 Å². The Morgan fingerprint density at radius 3 is 2.82 bits per heavy atom. The zero-order chi connectivity index (χ0) is 12.1. The molecule has 0 saturated heterocycles. The third kappa shape index (κ3) is 3.10. The normalized spacial score (nSPS) is 21.4. The number of benzene rings is 1. The SMILES string of the molecule is CCC(NC1CC=CCC1)c1ccccc1O. The van der Waals surface area contributed by atoms with E-state index >= 15 is 0 Å². The largest absolute Gasteiger partial charge is 0.508 e. The molecule has 0 aliphatic heterocycles. The molecule has 92 valence electrons. The van der Waals surface area contributed by atoms with E-state index in [9.17, 15) is 5.11 Å². The first kappa shape index (κ1) is 12.2. The molecular formula is C15H21NO. The molecule has 2 atom stereocenters. The second-order valence-electron chi connectivity index (χ2n) is 4.67. The zero-order valence-electron chi connectivity index (χ0n) is 10.4. The number of allylic oxidation sites excluding steroid dienone is 1. The summed E-state index contributed by atoms with van der Waals surface area (Å²) in [5.74, 6) is 0.401. The average Bonchev–Trinajstić information content (AvgIpc) is 2.38. The van der Waals surface area contributed by atoms with E-state index in [-0.39, 0.29) is 6.04 Å². The summed E-state index contributed by atoms with van der Waals surface area (Å²) in [6, 6.07) is 8.43. The number of rotatable bonds is 4. The van der Waals surface area contributed by atoms with Crippen molar-refractivity contribution in [3.63, 3.8) is 0 Å². The van der Waals surface area contributed by atoms with Gasteiger partial charge in [0.2, 0.25) is 0 Å². The van der Waals surface area contributed by atoms with Crippen LogP contribution in [-0.2, 0) is 0 Å². The Morgan fingerprint density at radius 1 is 1.35 bits per heavy atom. The highest BCUT2D eigenvalue weighted by atomic mass is 16.3. The number of hydrogen-bond donors (Lipinski definition) is 2. The van der Waals surface area contributed by atoms with Gasteiger partial charge >= 0.3 is 0 Å². The van der Waals surface area contributed by atoms with Crippen LogP contribution < -0.4 is 5.32 Å². The minimum Gasteiger partial charge on any atom is -0.508 e. The molecule has 2 rings (SSSR count). The van der Waals surface area contributed by atoms with Crippen LogP contribution in [-0.4, -0.2) is 11.1 Å². The predicted molar refractivity (Wildman–Crippen MR) is 71.1 cm³/mol. The quantitative estimate of drug-likeness (QED) is 0.777. The summed E-state index contributed by atoms with van der Waals surface area (Å²) in [5, 5.41) is 13.5. The van der Waals surface area contributed by atoms with Crippen molar-refractivity contribution in [3.8, 4) is 5.75 Å². The predicted octanol–water partition coefficient (Wildman–Crippen LogP) is 3.54. The molecule has 0 bridgehead atoms. The van der Waals surface area contributed by atoms with Gasteiger partial charge in [0.15, 0.2) is 0 Å². The second kappa shape index (κ2) is 5.87. The topological polar surface area (TPSA) is 32.3 Å². The minimum atomic E-state index is 0.257. The Bertz CT molecular complexity index is 386. The van der Waals surface area contributed by atoms with Crippen LogP contribution in [0.5, 0.6) is 5.75 Å². The van der Waals surface area contributed by atoms with Crippen molar-refractivity contribution in [3.05, 3.63) is 42.0 Å². The zero-order valence-corrected chi connectivity index (χ0v) is 10.4. The Kier molecular flexibility index (Phi) is 4.21. The Morgan fingerprint density at radius 2 is 2.18 bits per heavy atom. The van der Waals surface area contributed by atoms with Crippen LogP contribution in [0, 0.1) is 0 Å². The van der Waals surface area contributed by atoms with Gasteiger partial charge in [-0.1, -0.05) is 37.3 Å². The van der Waals surface area contributed by atoms with Crippen molar-refractivity contribution >= 4 is 0 Å². The van der Waals surface area contributed by atoms with Crippen molar-refractivity contribution in [2.75, 3.05) is 0 Å². The highest BCUT2D eigenvalue weighted by molar-refractivity contribution is 5.34. The summed E-state index contributed by atoms with van der Waals surface area (Å²) in [4.78, 5) is 0. The number of hydrogen-bond acceptors (Lipinski definition) is 2. The van der Waals surface area contributed by atoms with Crippen molar-refractivity contribution in [1.82, 2.24) is 5.32 Å². The summed E-state index contributed by atoms with van der Waals surface area (Å²) in [6.45, 7) is 2.16. The van der Waals surface area contributed by atoms with E-state index in [2.05, 4.69) is 24.4 Å². The van der Waals surface area contributed by atoms with Gasteiger partial charge in [-0.3, -0.25) is 0 Å². The number of phenols is 1. The molecule has 1 aliphatic carbocycles. The standard InChI is InChI=1S/C15H21NO/c1-2-14(13-10-6-7-11-15(13)17)16-12-8-4-3-5-9-12/h3-4,6-7,10-12,14,16-17H,2,5,8-9H2,1H3. The Labute approximate surface area is 103 Å². The van der Waals surface area contributed by atoms with Gasteiger partial charge in [0.05, 0.1) is 0 Å². The van der Waals surface area contributed by atoms with E-state index in [0.29, 0.717) is 11.8 Å². The van der Waals surface area contributed by atoms with Crippen LogP contribution in [0.1, 0.15) is 44.2 Å². The first-order valence-corrected chi connectivity index (χ1v) is 6.50. The molecule has 2 nitrogen and oxygen atoms in total. The molecule has 0 heterocycles. The van der Waals surface area contributed by atoms with Crippen LogP contribution in [0.4, 0.5) is 0 Å². The third-order valence-corrected chi connectivity index (χ3v) is 3.43. The maximum Gasteiger partial charge on any atom is 0.120 e. The fraction of sp³-hybridized carbons (Fsp3) is 0.467. The van der Waals surface area contributed by atoms with Crippen LogP contribution >= 0.6 is 0 Å². The summed E-state index contributed by atoms with van der Waals surface area (Å²) in [5.41, 5.74) is 1.02. The van der Waals surface area contributed by atoms with Crippen molar-refractivity contribution in [2.45, 2.75) is 44.7 Å². The molecule has 0 amide bonds. The lowest BCUT2D eigenvalue weighted by Gasteiger charge is -2.26. The molecule has 2 unspecified atom stereocenters. The van der Waals surface area contributed by atoms with Crippen LogP contribution in [0.15, 0.2) is 36.4 Å². The lowest BCUT2D eigenvalue weighted by Crippen LogP contribution is -2.33. The smallest absolute Gasteiger partial charge is 0.120 e. The van der Waals surface area contributed by atoms with Gasteiger partial charge in [-0.15, -0.1) is 0 Å². The van der Waals surface area contributed by atoms with Crippen LogP contribution in [0.2, 0.25) is 0 Å². The number of nitrogens with one attached hydrogen (secondary N) is 1. The molecular weight excluding hydrogens is 210 g/mol. The van der Waals surface area contributed by atoms with Crippen molar-refractivity contribution < 1.29 is 5.11 Å².